The van der Waals surface area contributed by atoms with E-state index in [4.69, 9.17) is 10.8 Å². The lowest BCUT2D eigenvalue weighted by atomic mass is 10.0. The van der Waals surface area contributed by atoms with Crippen molar-refractivity contribution in [2.45, 2.75) is 122 Å². The van der Waals surface area contributed by atoms with Crippen LogP contribution in [-0.2, 0) is 4.79 Å². The van der Waals surface area contributed by atoms with Gasteiger partial charge in [0.25, 0.3) is 0 Å². The van der Waals surface area contributed by atoms with Crippen LogP contribution in [0.3, 0.4) is 0 Å². The Bertz CT molecular complexity index is 359. The zero-order valence-corrected chi connectivity index (χ0v) is 18.6. The van der Waals surface area contributed by atoms with Crippen LogP contribution in [-0.4, -0.2) is 30.2 Å². The van der Waals surface area contributed by atoms with Gasteiger partial charge in [-0.1, -0.05) is 103 Å². The third-order valence-electron chi connectivity index (χ3n) is 5.33. The van der Waals surface area contributed by atoms with E-state index in [1.54, 1.807) is 0 Å². The van der Waals surface area contributed by atoms with Gasteiger partial charge in [0.1, 0.15) is 0 Å². The van der Waals surface area contributed by atoms with E-state index in [1.807, 2.05) is 0 Å². The summed E-state index contributed by atoms with van der Waals surface area (Å²) in [6, 6.07) is 0.344. The largest absolute Gasteiger partial charge is 0.481 e. The van der Waals surface area contributed by atoms with Crippen molar-refractivity contribution in [2.24, 2.45) is 5.73 Å². The first kappa shape index (κ1) is 27.1. The van der Waals surface area contributed by atoms with Crippen molar-refractivity contribution in [1.82, 2.24) is 5.32 Å². The minimum absolute atomic E-state index is 0.336. The Labute approximate surface area is 174 Å². The molecule has 0 aliphatic rings. The first-order valence-electron chi connectivity index (χ1n) is 12.0. The first-order valence-corrected chi connectivity index (χ1v) is 12.0. The highest BCUT2D eigenvalue weighted by Crippen LogP contribution is 2.13. The second-order valence-electron chi connectivity index (χ2n) is 8.08. The predicted octanol–water partition coefficient (Wildman–Crippen LogP) is 6.20. The zero-order valence-electron chi connectivity index (χ0n) is 18.6. The number of carboxylic acids is 1. The van der Waals surface area contributed by atoms with E-state index in [-0.39, 0.29) is 0 Å². The van der Waals surface area contributed by atoms with Crippen LogP contribution in [0.25, 0.3) is 0 Å². The van der Waals surface area contributed by atoms with E-state index in [1.165, 1.54) is 83.5 Å². The standard InChI is InChI=1S/C24H48N2O2/c1-2-3-19-23(22-25)26-21-18-16-14-12-10-8-6-4-5-7-9-11-13-15-17-20-24(27)28/h3,19,23,26H,2,4-18,20-22,25H2,1H3,(H,27,28). The number of nitrogens with two attached hydrogens (primary N) is 1. The summed E-state index contributed by atoms with van der Waals surface area (Å²) >= 11 is 0. The van der Waals surface area contributed by atoms with Crippen LogP contribution in [0.4, 0.5) is 0 Å². The van der Waals surface area contributed by atoms with Gasteiger partial charge in [0.05, 0.1) is 0 Å². The minimum Gasteiger partial charge on any atom is -0.481 e. The van der Waals surface area contributed by atoms with Crippen molar-refractivity contribution in [2.75, 3.05) is 13.1 Å². The Morgan fingerprint density at radius 3 is 1.64 bits per heavy atom. The second-order valence-corrected chi connectivity index (χ2v) is 8.08. The molecule has 0 aromatic heterocycles. The quantitative estimate of drug-likeness (QED) is 0.150. The Morgan fingerprint density at radius 2 is 1.25 bits per heavy atom. The summed E-state index contributed by atoms with van der Waals surface area (Å²) in [7, 11) is 0. The van der Waals surface area contributed by atoms with Gasteiger partial charge < -0.3 is 16.2 Å². The molecule has 4 heteroatoms. The van der Waals surface area contributed by atoms with Crippen LogP contribution in [0.1, 0.15) is 116 Å². The van der Waals surface area contributed by atoms with Gasteiger partial charge in [0.2, 0.25) is 0 Å². The molecule has 4 N–H and O–H groups in total. The van der Waals surface area contributed by atoms with E-state index in [2.05, 4.69) is 24.4 Å². The van der Waals surface area contributed by atoms with Crippen molar-refractivity contribution < 1.29 is 9.90 Å². The first-order chi connectivity index (χ1) is 13.7. The van der Waals surface area contributed by atoms with Crippen molar-refractivity contribution in [3.05, 3.63) is 12.2 Å². The van der Waals surface area contributed by atoms with Gasteiger partial charge >= 0.3 is 5.97 Å². The lowest BCUT2D eigenvalue weighted by molar-refractivity contribution is -0.137. The van der Waals surface area contributed by atoms with Crippen molar-refractivity contribution in [3.8, 4) is 0 Å². The lowest BCUT2D eigenvalue weighted by Gasteiger charge is -2.12. The molecule has 1 atom stereocenters. The van der Waals surface area contributed by atoms with Gasteiger partial charge in [-0.3, -0.25) is 4.79 Å². The van der Waals surface area contributed by atoms with E-state index in [0.717, 1.165) is 25.8 Å². The van der Waals surface area contributed by atoms with Gasteiger partial charge in [0, 0.05) is 19.0 Å². The molecule has 0 aromatic carbocycles. The van der Waals surface area contributed by atoms with Crippen molar-refractivity contribution in [1.29, 1.82) is 0 Å². The average molecular weight is 397 g/mol. The summed E-state index contributed by atoms with van der Waals surface area (Å²) in [5.74, 6) is -0.659. The maximum Gasteiger partial charge on any atom is 0.303 e. The molecule has 4 nitrogen and oxygen atoms in total. The normalized spacial score (nSPS) is 12.6. The molecule has 166 valence electrons. The molecular weight excluding hydrogens is 348 g/mol. The van der Waals surface area contributed by atoms with E-state index in [9.17, 15) is 4.79 Å². The molecule has 0 saturated carbocycles. The molecule has 0 amide bonds. The summed E-state index contributed by atoms with van der Waals surface area (Å²) in [4.78, 5) is 10.4. The Morgan fingerprint density at radius 1 is 0.821 bits per heavy atom. The van der Waals surface area contributed by atoms with Gasteiger partial charge in [0.15, 0.2) is 0 Å². The number of allylic oxidation sites excluding steroid dienone is 1. The summed E-state index contributed by atoms with van der Waals surface area (Å²) in [6.07, 6.45) is 25.1. The number of carboxylic acid groups (broad SMARTS) is 1. The molecule has 0 spiro atoms. The van der Waals surface area contributed by atoms with E-state index < -0.39 is 5.97 Å². The molecular formula is C24H48N2O2. The molecule has 0 heterocycles. The molecule has 0 saturated heterocycles. The average Bonchev–Trinajstić information content (AvgIpc) is 2.69. The van der Waals surface area contributed by atoms with E-state index >= 15 is 0 Å². The number of nitrogens with one attached hydrogen (secondary N) is 1. The third-order valence-corrected chi connectivity index (χ3v) is 5.33. The van der Waals surface area contributed by atoms with Crippen LogP contribution < -0.4 is 11.1 Å². The summed E-state index contributed by atoms with van der Waals surface area (Å²) in [5, 5.41) is 12.1. The summed E-state index contributed by atoms with van der Waals surface area (Å²) in [6.45, 7) is 3.92. The monoisotopic (exact) mass is 396 g/mol. The molecule has 0 aliphatic carbocycles. The topological polar surface area (TPSA) is 75.3 Å². The maximum absolute atomic E-state index is 10.4. The molecule has 0 aliphatic heterocycles. The highest BCUT2D eigenvalue weighted by molar-refractivity contribution is 5.66. The summed E-state index contributed by atoms with van der Waals surface area (Å²) in [5.41, 5.74) is 5.76. The van der Waals surface area contributed by atoms with Crippen molar-refractivity contribution >= 4 is 5.97 Å². The number of rotatable bonds is 22. The molecule has 0 rings (SSSR count). The molecule has 1 unspecified atom stereocenters. The van der Waals surface area contributed by atoms with Crippen LogP contribution in [0.5, 0.6) is 0 Å². The van der Waals surface area contributed by atoms with Gasteiger partial charge in [-0.05, 0) is 25.8 Å². The fourth-order valence-electron chi connectivity index (χ4n) is 3.52. The number of hydrogen-bond acceptors (Lipinski definition) is 3. The van der Waals surface area contributed by atoms with Gasteiger partial charge in [-0.15, -0.1) is 0 Å². The van der Waals surface area contributed by atoms with Gasteiger partial charge in [-0.25, -0.2) is 0 Å². The molecule has 0 aromatic rings. The highest BCUT2D eigenvalue weighted by atomic mass is 16.4. The molecule has 0 bridgehead atoms. The molecule has 0 fully saturated rings. The smallest absolute Gasteiger partial charge is 0.303 e. The maximum atomic E-state index is 10.4. The van der Waals surface area contributed by atoms with Crippen LogP contribution in [0, 0.1) is 0 Å². The minimum atomic E-state index is -0.659. The SMILES string of the molecule is CCC=CC(CN)NCCCCCCCCCCCCCCCCCC(=O)O. The lowest BCUT2D eigenvalue weighted by Crippen LogP contribution is -2.34. The number of aliphatic carboxylic acids is 1. The van der Waals surface area contributed by atoms with Gasteiger partial charge in [-0.2, -0.15) is 0 Å². The fourth-order valence-corrected chi connectivity index (χ4v) is 3.52. The zero-order chi connectivity index (χ0) is 20.7. The number of hydrogen-bond donors (Lipinski definition) is 3. The highest BCUT2D eigenvalue weighted by Gasteiger charge is 2.00. The van der Waals surface area contributed by atoms with Crippen LogP contribution in [0.15, 0.2) is 12.2 Å². The van der Waals surface area contributed by atoms with Crippen LogP contribution >= 0.6 is 0 Å². The second kappa shape index (κ2) is 22.4. The molecule has 28 heavy (non-hydrogen) atoms. The van der Waals surface area contributed by atoms with Crippen LogP contribution in [0.2, 0.25) is 0 Å². The number of carbonyl (C=O) groups is 1. The Kier molecular flexibility index (Phi) is 21.7. The van der Waals surface area contributed by atoms with E-state index in [0.29, 0.717) is 19.0 Å². The fraction of sp³-hybridized carbons (Fsp3) is 0.875. The molecule has 0 radical (unpaired) electrons. The third kappa shape index (κ3) is 21.4. The predicted molar refractivity (Wildman–Crippen MR) is 122 cm³/mol. The Balaban J connectivity index is 3.16. The summed E-state index contributed by atoms with van der Waals surface area (Å²) < 4.78 is 0. The number of unbranched alkanes of at least 4 members (excludes halogenated alkanes) is 14. The van der Waals surface area contributed by atoms with Crippen molar-refractivity contribution in [3.63, 3.8) is 0 Å². The Hall–Kier alpha value is -0.870.